The van der Waals surface area contributed by atoms with Gasteiger partial charge in [0, 0.05) is 46.3 Å². The van der Waals surface area contributed by atoms with Crippen LogP contribution in [-0.4, -0.2) is 75.1 Å². The number of hydroxylamine groups is 2. The van der Waals surface area contributed by atoms with Crippen molar-refractivity contribution in [3.05, 3.63) is 0 Å². The lowest BCUT2D eigenvalue weighted by Gasteiger charge is -2.28. The summed E-state index contributed by atoms with van der Waals surface area (Å²) in [6.07, 6.45) is 1.03. The van der Waals surface area contributed by atoms with Gasteiger partial charge in [0.1, 0.15) is 0 Å². The molecule has 1 heterocycles. The Kier molecular flexibility index (Phi) is 7.87. The molecule has 0 radical (unpaired) electrons. The van der Waals surface area contributed by atoms with Gasteiger partial charge >= 0.3 is 0 Å². The molecule has 1 fully saturated rings. The topological polar surface area (TPSA) is 37.0 Å². The first-order chi connectivity index (χ1) is 9.03. The highest BCUT2D eigenvalue weighted by Crippen LogP contribution is 2.12. The summed E-state index contributed by atoms with van der Waals surface area (Å²) in [5, 5.41) is 5.23. The largest absolute Gasteiger partial charge is 0.374 e. The average molecular weight is 273 g/mol. The van der Waals surface area contributed by atoms with Gasteiger partial charge in [-0.3, -0.25) is 9.74 Å². The third kappa shape index (κ3) is 7.84. The molecule has 1 rings (SSSR count). The summed E-state index contributed by atoms with van der Waals surface area (Å²) >= 11 is 0. The summed E-state index contributed by atoms with van der Waals surface area (Å²) in [5.74, 6) is 0. The van der Waals surface area contributed by atoms with Gasteiger partial charge in [-0.25, -0.2) is 0 Å². The Balaban J connectivity index is 1.99. The van der Waals surface area contributed by atoms with E-state index in [2.05, 4.69) is 31.0 Å². The molecule has 1 N–H and O–H groups in total. The molecule has 1 aliphatic heterocycles. The van der Waals surface area contributed by atoms with E-state index in [0.717, 1.165) is 52.3 Å². The Morgan fingerprint density at radius 3 is 2.53 bits per heavy atom. The summed E-state index contributed by atoms with van der Waals surface area (Å²) in [6.45, 7) is 14.1. The molecule has 5 heteroatoms. The molecule has 0 unspecified atom stereocenters. The van der Waals surface area contributed by atoms with Crippen LogP contribution in [0.4, 0.5) is 0 Å². The lowest BCUT2D eigenvalue weighted by atomic mass is 10.1. The fourth-order valence-electron chi connectivity index (χ4n) is 1.88. The quantitative estimate of drug-likeness (QED) is 0.633. The molecule has 0 amide bonds. The van der Waals surface area contributed by atoms with Gasteiger partial charge in [0.2, 0.25) is 0 Å². The number of ether oxygens (including phenoxy) is 1. The molecule has 19 heavy (non-hydrogen) atoms. The predicted octanol–water partition coefficient (Wildman–Crippen LogP) is 0.960. The number of likely N-dealkylation sites (N-methyl/N-ethyl adjacent to an activating group) is 1. The predicted molar refractivity (Wildman–Crippen MR) is 78.2 cm³/mol. The van der Waals surface area contributed by atoms with Gasteiger partial charge < -0.3 is 10.1 Å². The van der Waals surface area contributed by atoms with Crippen molar-refractivity contribution >= 4 is 0 Å². The van der Waals surface area contributed by atoms with Gasteiger partial charge in [0.25, 0.3) is 0 Å². The Bertz CT molecular complexity index is 231. The van der Waals surface area contributed by atoms with Crippen molar-refractivity contribution in [1.29, 1.82) is 0 Å². The first-order valence-electron chi connectivity index (χ1n) is 7.44. The second kappa shape index (κ2) is 8.87. The number of hydrogen-bond acceptors (Lipinski definition) is 5. The van der Waals surface area contributed by atoms with E-state index in [9.17, 15) is 0 Å². The van der Waals surface area contributed by atoms with Gasteiger partial charge in [-0.1, -0.05) is 6.92 Å². The smallest absolute Gasteiger partial charge is 0.0812 e. The van der Waals surface area contributed by atoms with E-state index in [4.69, 9.17) is 9.57 Å². The summed E-state index contributed by atoms with van der Waals surface area (Å²) < 4.78 is 5.81. The number of hydrogen-bond donors (Lipinski definition) is 1. The van der Waals surface area contributed by atoms with Gasteiger partial charge in [-0.15, -0.1) is 0 Å². The van der Waals surface area contributed by atoms with E-state index in [1.54, 1.807) is 0 Å². The molecule has 114 valence electrons. The monoisotopic (exact) mass is 273 g/mol. The van der Waals surface area contributed by atoms with Crippen LogP contribution in [0.2, 0.25) is 0 Å². The zero-order valence-electron chi connectivity index (χ0n) is 13.1. The fourth-order valence-corrected chi connectivity index (χ4v) is 1.88. The van der Waals surface area contributed by atoms with Crippen LogP contribution in [0.5, 0.6) is 0 Å². The number of piperazine rings is 1. The van der Waals surface area contributed by atoms with Crippen LogP contribution < -0.4 is 5.32 Å². The molecular formula is C14H31N3O2. The normalized spacial score (nSPS) is 18.2. The van der Waals surface area contributed by atoms with Gasteiger partial charge in [0.05, 0.1) is 18.8 Å². The molecule has 0 aromatic carbocycles. The molecular weight excluding hydrogens is 242 g/mol. The van der Waals surface area contributed by atoms with Crippen molar-refractivity contribution in [3.63, 3.8) is 0 Å². The highest BCUT2D eigenvalue weighted by molar-refractivity contribution is 4.67. The van der Waals surface area contributed by atoms with Crippen LogP contribution in [0.15, 0.2) is 0 Å². The summed E-state index contributed by atoms with van der Waals surface area (Å²) in [4.78, 5) is 8.12. The van der Waals surface area contributed by atoms with Crippen molar-refractivity contribution in [2.45, 2.75) is 32.8 Å². The molecule has 1 aliphatic rings. The molecule has 5 nitrogen and oxygen atoms in total. The zero-order chi connectivity index (χ0) is 14.1. The van der Waals surface area contributed by atoms with Crippen molar-refractivity contribution in [2.24, 2.45) is 0 Å². The van der Waals surface area contributed by atoms with Crippen molar-refractivity contribution in [2.75, 3.05) is 59.5 Å². The summed E-state index contributed by atoms with van der Waals surface area (Å²) in [5.41, 5.74) is -0.0261. The van der Waals surface area contributed by atoms with E-state index in [-0.39, 0.29) is 5.60 Å². The van der Waals surface area contributed by atoms with E-state index >= 15 is 0 Å². The van der Waals surface area contributed by atoms with Crippen LogP contribution in [0.1, 0.15) is 27.2 Å². The zero-order valence-corrected chi connectivity index (χ0v) is 13.1. The van der Waals surface area contributed by atoms with Crippen LogP contribution in [0.25, 0.3) is 0 Å². The second-order valence-electron chi connectivity index (χ2n) is 5.74. The maximum atomic E-state index is 5.81. The third-order valence-corrected chi connectivity index (χ3v) is 3.68. The lowest BCUT2D eigenvalue weighted by molar-refractivity contribution is -0.159. The Morgan fingerprint density at radius 1 is 1.21 bits per heavy atom. The average Bonchev–Trinajstić information content (AvgIpc) is 2.40. The lowest BCUT2D eigenvalue weighted by Crippen LogP contribution is -2.45. The van der Waals surface area contributed by atoms with Gasteiger partial charge in [0.15, 0.2) is 0 Å². The van der Waals surface area contributed by atoms with Crippen LogP contribution in [0.3, 0.4) is 0 Å². The molecule has 0 aliphatic carbocycles. The standard InChI is InChI=1S/C14H31N3O2/c1-5-14(2,3)18-12-10-16(4)19-13-11-17-8-6-15-7-9-17/h15H,5-13H2,1-4H3. The highest BCUT2D eigenvalue weighted by Gasteiger charge is 2.15. The molecule has 0 bridgehead atoms. The summed E-state index contributed by atoms with van der Waals surface area (Å²) in [6, 6.07) is 0. The van der Waals surface area contributed by atoms with E-state index < -0.39 is 0 Å². The molecule has 0 atom stereocenters. The van der Waals surface area contributed by atoms with Crippen LogP contribution >= 0.6 is 0 Å². The highest BCUT2D eigenvalue weighted by atomic mass is 16.7. The first-order valence-corrected chi connectivity index (χ1v) is 7.44. The van der Waals surface area contributed by atoms with Crippen molar-refractivity contribution in [1.82, 2.24) is 15.3 Å². The third-order valence-electron chi connectivity index (χ3n) is 3.68. The van der Waals surface area contributed by atoms with Gasteiger partial charge in [-0.2, -0.15) is 5.06 Å². The molecule has 0 aromatic rings. The minimum Gasteiger partial charge on any atom is -0.374 e. The second-order valence-corrected chi connectivity index (χ2v) is 5.74. The first kappa shape index (κ1) is 16.9. The SMILES string of the molecule is CCC(C)(C)OCCN(C)OCCN1CCNCC1. The minimum absolute atomic E-state index is 0.0261. The van der Waals surface area contributed by atoms with Crippen LogP contribution in [-0.2, 0) is 9.57 Å². The molecule has 1 saturated heterocycles. The minimum atomic E-state index is -0.0261. The molecule has 0 spiro atoms. The number of nitrogens with zero attached hydrogens (tertiary/aromatic N) is 2. The van der Waals surface area contributed by atoms with Gasteiger partial charge in [-0.05, 0) is 20.3 Å². The van der Waals surface area contributed by atoms with Crippen LogP contribution in [0, 0.1) is 0 Å². The number of nitrogens with one attached hydrogen (secondary N) is 1. The van der Waals surface area contributed by atoms with E-state index in [1.165, 1.54) is 0 Å². The Morgan fingerprint density at radius 2 is 1.89 bits per heavy atom. The fraction of sp³-hybridized carbons (Fsp3) is 1.00. The van der Waals surface area contributed by atoms with Crippen molar-refractivity contribution in [3.8, 4) is 0 Å². The Labute approximate surface area is 118 Å². The summed E-state index contributed by atoms with van der Waals surface area (Å²) in [7, 11) is 1.97. The molecule has 0 saturated carbocycles. The van der Waals surface area contributed by atoms with E-state index in [1.807, 2.05) is 12.1 Å². The molecule has 0 aromatic heterocycles. The maximum absolute atomic E-state index is 5.81. The maximum Gasteiger partial charge on any atom is 0.0812 e. The van der Waals surface area contributed by atoms with Crippen molar-refractivity contribution < 1.29 is 9.57 Å². The van der Waals surface area contributed by atoms with E-state index in [0.29, 0.717) is 6.61 Å². The number of rotatable bonds is 9. The Hall–Kier alpha value is -0.200.